The van der Waals surface area contributed by atoms with Crippen LogP contribution in [0.1, 0.15) is 33.8 Å². The summed E-state index contributed by atoms with van der Waals surface area (Å²) in [5, 5.41) is 0. The number of fused-ring (bicyclic) bond motifs is 1. The fourth-order valence-electron chi connectivity index (χ4n) is 3.07. The molecule has 0 spiro atoms. The molecule has 1 N–H and O–H groups in total. The lowest BCUT2D eigenvalue weighted by Gasteiger charge is -2.28. The minimum Gasteiger partial charge on any atom is -0.311 e. The molecular formula is C17H21N3O. The normalized spacial score (nSPS) is 15.0. The molecule has 0 saturated heterocycles. The van der Waals surface area contributed by atoms with Gasteiger partial charge in [0.05, 0.1) is 5.69 Å². The Morgan fingerprint density at radius 3 is 2.67 bits per heavy atom. The maximum atomic E-state index is 11.9. The Labute approximate surface area is 124 Å². The molecule has 3 rings (SSSR count). The standard InChI is InChI=1S/C17H21N3O/c1-11-5-4-6-12(2)15(11)9-20-8-7-14-16(10-20)18-13(3)19-17(14)21/h4-6H,7-10H2,1-3H3,(H,18,19,21). The Morgan fingerprint density at radius 2 is 1.95 bits per heavy atom. The van der Waals surface area contributed by atoms with Crippen molar-refractivity contribution >= 4 is 0 Å². The number of benzene rings is 1. The zero-order valence-electron chi connectivity index (χ0n) is 12.9. The fourth-order valence-corrected chi connectivity index (χ4v) is 3.07. The van der Waals surface area contributed by atoms with E-state index in [0.717, 1.165) is 37.3 Å². The third-order valence-electron chi connectivity index (χ3n) is 4.30. The Balaban J connectivity index is 1.85. The van der Waals surface area contributed by atoms with Crippen molar-refractivity contribution in [3.63, 3.8) is 0 Å². The summed E-state index contributed by atoms with van der Waals surface area (Å²) in [7, 11) is 0. The number of aromatic nitrogens is 2. The monoisotopic (exact) mass is 283 g/mol. The molecule has 110 valence electrons. The van der Waals surface area contributed by atoms with E-state index in [2.05, 4.69) is 46.9 Å². The van der Waals surface area contributed by atoms with Crippen LogP contribution in [0, 0.1) is 20.8 Å². The van der Waals surface area contributed by atoms with Gasteiger partial charge in [-0.25, -0.2) is 4.98 Å². The van der Waals surface area contributed by atoms with Gasteiger partial charge in [-0.15, -0.1) is 0 Å². The smallest absolute Gasteiger partial charge is 0.254 e. The first-order valence-electron chi connectivity index (χ1n) is 7.40. The number of aromatic amines is 1. The van der Waals surface area contributed by atoms with E-state index in [9.17, 15) is 4.79 Å². The van der Waals surface area contributed by atoms with Crippen LogP contribution in [0.3, 0.4) is 0 Å². The first-order valence-corrected chi connectivity index (χ1v) is 7.40. The van der Waals surface area contributed by atoms with Gasteiger partial charge in [0, 0.05) is 25.2 Å². The highest BCUT2D eigenvalue weighted by atomic mass is 16.1. The summed E-state index contributed by atoms with van der Waals surface area (Å²) < 4.78 is 0. The van der Waals surface area contributed by atoms with Crippen molar-refractivity contribution in [1.29, 1.82) is 0 Å². The third-order valence-corrected chi connectivity index (χ3v) is 4.30. The van der Waals surface area contributed by atoms with Gasteiger partial charge in [-0.05, 0) is 43.9 Å². The summed E-state index contributed by atoms with van der Waals surface area (Å²) in [5.41, 5.74) is 5.88. The quantitative estimate of drug-likeness (QED) is 0.919. The second-order valence-electron chi connectivity index (χ2n) is 5.91. The maximum Gasteiger partial charge on any atom is 0.254 e. The van der Waals surface area contributed by atoms with Gasteiger partial charge in [0.2, 0.25) is 0 Å². The predicted octanol–water partition coefficient (Wildman–Crippen LogP) is 2.25. The first kappa shape index (κ1) is 14.0. The van der Waals surface area contributed by atoms with Crippen LogP contribution in [-0.2, 0) is 19.5 Å². The Morgan fingerprint density at radius 1 is 1.24 bits per heavy atom. The van der Waals surface area contributed by atoms with E-state index >= 15 is 0 Å². The third kappa shape index (κ3) is 2.76. The molecule has 2 aromatic rings. The summed E-state index contributed by atoms with van der Waals surface area (Å²) >= 11 is 0. The molecule has 1 aliphatic rings. The lowest BCUT2D eigenvalue weighted by Crippen LogP contribution is -2.35. The summed E-state index contributed by atoms with van der Waals surface area (Å²) in [6, 6.07) is 6.42. The Kier molecular flexibility index (Phi) is 3.64. The number of nitrogens with zero attached hydrogens (tertiary/aromatic N) is 2. The second kappa shape index (κ2) is 5.45. The molecule has 0 fully saturated rings. The largest absolute Gasteiger partial charge is 0.311 e. The molecule has 0 bridgehead atoms. The number of H-pyrrole nitrogens is 1. The van der Waals surface area contributed by atoms with E-state index in [4.69, 9.17) is 0 Å². The highest BCUT2D eigenvalue weighted by molar-refractivity contribution is 5.33. The average Bonchev–Trinajstić information content (AvgIpc) is 2.42. The van der Waals surface area contributed by atoms with Crippen LogP contribution in [-0.4, -0.2) is 21.4 Å². The molecule has 4 nitrogen and oxygen atoms in total. The van der Waals surface area contributed by atoms with Crippen LogP contribution in [0.4, 0.5) is 0 Å². The van der Waals surface area contributed by atoms with Crippen LogP contribution in [0.25, 0.3) is 0 Å². The van der Waals surface area contributed by atoms with Crippen molar-refractivity contribution in [3.05, 3.63) is 62.3 Å². The van der Waals surface area contributed by atoms with E-state index in [1.165, 1.54) is 16.7 Å². The summed E-state index contributed by atoms with van der Waals surface area (Å²) in [6.45, 7) is 8.75. The van der Waals surface area contributed by atoms with Crippen LogP contribution >= 0.6 is 0 Å². The van der Waals surface area contributed by atoms with Crippen LogP contribution in [0.5, 0.6) is 0 Å². The zero-order valence-corrected chi connectivity index (χ0v) is 12.9. The van der Waals surface area contributed by atoms with Gasteiger partial charge in [-0.3, -0.25) is 9.69 Å². The second-order valence-corrected chi connectivity index (χ2v) is 5.91. The Hall–Kier alpha value is -1.94. The summed E-state index contributed by atoms with van der Waals surface area (Å²) in [5.74, 6) is 0.702. The van der Waals surface area contributed by atoms with Crippen LogP contribution < -0.4 is 5.56 Å². The van der Waals surface area contributed by atoms with Crippen molar-refractivity contribution in [3.8, 4) is 0 Å². The molecule has 2 heterocycles. The molecule has 0 atom stereocenters. The van der Waals surface area contributed by atoms with Gasteiger partial charge in [0.15, 0.2) is 0 Å². The van der Waals surface area contributed by atoms with Gasteiger partial charge < -0.3 is 4.98 Å². The topological polar surface area (TPSA) is 49.0 Å². The maximum absolute atomic E-state index is 11.9. The van der Waals surface area contributed by atoms with Crippen molar-refractivity contribution in [2.75, 3.05) is 6.54 Å². The molecular weight excluding hydrogens is 262 g/mol. The lowest BCUT2D eigenvalue weighted by molar-refractivity contribution is 0.239. The number of nitrogens with one attached hydrogen (secondary N) is 1. The molecule has 0 saturated carbocycles. The van der Waals surface area contributed by atoms with Crippen LogP contribution in [0.15, 0.2) is 23.0 Å². The zero-order chi connectivity index (χ0) is 15.0. The highest BCUT2D eigenvalue weighted by Gasteiger charge is 2.21. The average molecular weight is 283 g/mol. The van der Waals surface area contributed by atoms with E-state index < -0.39 is 0 Å². The van der Waals surface area contributed by atoms with Gasteiger partial charge >= 0.3 is 0 Å². The summed E-state index contributed by atoms with van der Waals surface area (Å²) in [4.78, 5) is 21.6. The molecule has 21 heavy (non-hydrogen) atoms. The molecule has 4 heteroatoms. The minimum absolute atomic E-state index is 0.0317. The van der Waals surface area contributed by atoms with E-state index in [1.807, 2.05) is 6.92 Å². The van der Waals surface area contributed by atoms with Crippen molar-refractivity contribution in [2.24, 2.45) is 0 Å². The molecule has 0 aliphatic carbocycles. The molecule has 0 unspecified atom stereocenters. The SMILES string of the molecule is Cc1nc2c(c(=O)[nH]1)CCN(Cc1c(C)cccc1C)C2. The number of aryl methyl sites for hydroxylation is 3. The first-order chi connectivity index (χ1) is 10.0. The number of hydrogen-bond donors (Lipinski definition) is 1. The fraction of sp³-hybridized carbons (Fsp3) is 0.412. The molecule has 0 amide bonds. The molecule has 1 aromatic heterocycles. The van der Waals surface area contributed by atoms with Crippen molar-refractivity contribution in [1.82, 2.24) is 14.9 Å². The van der Waals surface area contributed by atoms with Crippen molar-refractivity contribution < 1.29 is 0 Å². The van der Waals surface area contributed by atoms with E-state index in [0.29, 0.717) is 5.82 Å². The van der Waals surface area contributed by atoms with Gasteiger partial charge in [0.1, 0.15) is 5.82 Å². The van der Waals surface area contributed by atoms with Crippen molar-refractivity contribution in [2.45, 2.75) is 40.3 Å². The Bertz CT molecular complexity index is 713. The van der Waals surface area contributed by atoms with E-state index in [1.54, 1.807) is 0 Å². The van der Waals surface area contributed by atoms with Gasteiger partial charge in [-0.1, -0.05) is 18.2 Å². The molecule has 1 aliphatic heterocycles. The van der Waals surface area contributed by atoms with Crippen LogP contribution in [0.2, 0.25) is 0 Å². The number of hydrogen-bond acceptors (Lipinski definition) is 3. The van der Waals surface area contributed by atoms with E-state index in [-0.39, 0.29) is 5.56 Å². The minimum atomic E-state index is 0.0317. The molecule has 1 aromatic carbocycles. The van der Waals surface area contributed by atoms with Gasteiger partial charge in [0.25, 0.3) is 5.56 Å². The predicted molar refractivity (Wildman–Crippen MR) is 83.3 cm³/mol. The molecule has 0 radical (unpaired) electrons. The van der Waals surface area contributed by atoms with Gasteiger partial charge in [-0.2, -0.15) is 0 Å². The number of rotatable bonds is 2. The lowest BCUT2D eigenvalue weighted by atomic mass is 10.0. The highest BCUT2D eigenvalue weighted by Crippen LogP contribution is 2.20. The summed E-state index contributed by atoms with van der Waals surface area (Å²) in [6.07, 6.45) is 0.781.